The maximum Gasteiger partial charge on any atom is 0.387 e. The van der Waals surface area contributed by atoms with Gasteiger partial charge in [-0.25, -0.2) is 0 Å². The third kappa shape index (κ3) is 4.12. The minimum atomic E-state index is -3.03. The third-order valence-corrected chi connectivity index (χ3v) is 4.27. The minimum absolute atomic E-state index is 0.138. The number of ether oxygens (including phenoxy) is 2. The van der Waals surface area contributed by atoms with Crippen LogP contribution >= 0.6 is 12.2 Å². The molecule has 0 spiro atoms. The van der Waals surface area contributed by atoms with Crippen molar-refractivity contribution in [3.8, 4) is 11.5 Å². The number of hydrogen-bond donors (Lipinski definition) is 1. The Balaban J connectivity index is 1.97. The van der Waals surface area contributed by atoms with E-state index in [2.05, 4.69) is 10.1 Å². The van der Waals surface area contributed by atoms with Crippen molar-refractivity contribution >= 4 is 35.0 Å². The number of carbonyl (C=O) groups excluding carboxylic acids is 1. The van der Waals surface area contributed by atoms with Crippen LogP contribution in [0.3, 0.4) is 0 Å². The molecule has 0 bridgehead atoms. The zero-order valence-corrected chi connectivity index (χ0v) is 16.1. The predicted octanol–water partition coefficient (Wildman–Crippen LogP) is 4.26. The number of amides is 1. The van der Waals surface area contributed by atoms with Gasteiger partial charge < -0.3 is 14.8 Å². The van der Waals surface area contributed by atoms with Crippen molar-refractivity contribution < 1.29 is 23.0 Å². The number of anilines is 1. The summed E-state index contributed by atoms with van der Waals surface area (Å²) >= 11 is 5.27. The average Bonchev–Trinajstić information content (AvgIpc) is 2.92. The van der Waals surface area contributed by atoms with Crippen molar-refractivity contribution in [2.75, 3.05) is 11.5 Å². The van der Waals surface area contributed by atoms with Crippen LogP contribution < -0.4 is 19.7 Å². The number of aryl methyl sites for hydroxylation is 1. The highest BCUT2D eigenvalue weighted by atomic mass is 32.1. The predicted molar refractivity (Wildman–Crippen MR) is 107 cm³/mol. The van der Waals surface area contributed by atoms with Gasteiger partial charge in [0.25, 0.3) is 5.91 Å². The van der Waals surface area contributed by atoms with Crippen molar-refractivity contribution in [1.82, 2.24) is 5.32 Å². The number of halogens is 2. The number of rotatable bonds is 6. The fraction of sp³-hybridized carbons (Fsp3) is 0.200. The summed E-state index contributed by atoms with van der Waals surface area (Å²) in [5.74, 6) is -0.361. The minimum Gasteiger partial charge on any atom is -0.490 e. The molecule has 2 aromatic rings. The highest BCUT2D eigenvalue weighted by molar-refractivity contribution is 7.80. The highest BCUT2D eigenvalue weighted by Gasteiger charge is 2.32. The molecular formula is C20H18F2N2O3S. The van der Waals surface area contributed by atoms with Crippen LogP contribution in [0.2, 0.25) is 0 Å². The summed E-state index contributed by atoms with van der Waals surface area (Å²) in [4.78, 5) is 14.2. The Bertz CT molecular complexity index is 930. The van der Waals surface area contributed by atoms with E-state index in [9.17, 15) is 13.6 Å². The molecule has 1 heterocycles. The molecule has 0 aromatic heterocycles. The van der Waals surface area contributed by atoms with Crippen LogP contribution in [0.1, 0.15) is 18.1 Å². The molecule has 0 aliphatic carbocycles. The van der Waals surface area contributed by atoms with Crippen molar-refractivity contribution in [3.05, 3.63) is 59.3 Å². The van der Waals surface area contributed by atoms with E-state index in [1.165, 1.54) is 17.0 Å². The number of carbonyl (C=O) groups is 1. The van der Waals surface area contributed by atoms with Crippen LogP contribution in [-0.4, -0.2) is 24.2 Å². The molecule has 146 valence electrons. The fourth-order valence-electron chi connectivity index (χ4n) is 2.75. The van der Waals surface area contributed by atoms with Gasteiger partial charge in [0.1, 0.15) is 5.70 Å². The largest absolute Gasteiger partial charge is 0.490 e. The summed E-state index contributed by atoms with van der Waals surface area (Å²) in [6.45, 7) is 0.920. The molecular weight excluding hydrogens is 386 g/mol. The maximum atomic E-state index is 12.9. The van der Waals surface area contributed by atoms with Crippen LogP contribution in [0.5, 0.6) is 11.5 Å². The molecule has 0 saturated carbocycles. The van der Waals surface area contributed by atoms with Crippen LogP contribution in [-0.2, 0) is 4.79 Å². The van der Waals surface area contributed by atoms with E-state index in [0.29, 0.717) is 5.69 Å². The number of nitrogens with zero attached hydrogens (tertiary/aromatic N) is 1. The van der Waals surface area contributed by atoms with Crippen molar-refractivity contribution in [2.45, 2.75) is 20.5 Å². The standard InChI is InChI=1S/C20H18F2N2O3S/c1-3-26-16-6-4-5-13(17(16)27-19(21)22)11-15-18(25)24(20(28)23-15)14-9-7-12(2)8-10-14/h4-11,19H,3H2,1-2H3,(H,23,28)/b15-11-. The molecule has 1 aliphatic heterocycles. The molecule has 1 fully saturated rings. The smallest absolute Gasteiger partial charge is 0.387 e. The lowest BCUT2D eigenvalue weighted by molar-refractivity contribution is -0.113. The fourth-order valence-corrected chi connectivity index (χ4v) is 3.05. The van der Waals surface area contributed by atoms with E-state index in [4.69, 9.17) is 17.0 Å². The van der Waals surface area contributed by atoms with Gasteiger partial charge >= 0.3 is 6.61 Å². The van der Waals surface area contributed by atoms with Gasteiger partial charge in [0.2, 0.25) is 0 Å². The second-order valence-electron chi connectivity index (χ2n) is 5.95. The molecule has 1 amide bonds. The van der Waals surface area contributed by atoms with Gasteiger partial charge in [0, 0.05) is 5.56 Å². The molecule has 28 heavy (non-hydrogen) atoms. The quantitative estimate of drug-likeness (QED) is 0.576. The second-order valence-corrected chi connectivity index (χ2v) is 6.34. The SMILES string of the molecule is CCOc1cccc(/C=C2\NC(=S)N(c3ccc(C)cc3)C2=O)c1OC(F)F. The maximum absolute atomic E-state index is 12.9. The van der Waals surface area contributed by atoms with E-state index in [1.54, 1.807) is 31.2 Å². The first kappa shape index (κ1) is 19.8. The summed E-state index contributed by atoms with van der Waals surface area (Å²) in [5, 5.41) is 3.04. The first-order chi connectivity index (χ1) is 13.4. The van der Waals surface area contributed by atoms with Crippen molar-refractivity contribution in [2.24, 2.45) is 0 Å². The molecule has 1 aliphatic rings. The molecule has 2 aromatic carbocycles. The van der Waals surface area contributed by atoms with Crippen molar-refractivity contribution in [3.63, 3.8) is 0 Å². The van der Waals surface area contributed by atoms with Crippen LogP contribution in [0, 0.1) is 6.92 Å². The summed E-state index contributed by atoms with van der Waals surface area (Å²) in [5.41, 5.74) is 2.09. The number of hydrogen-bond acceptors (Lipinski definition) is 4. The highest BCUT2D eigenvalue weighted by Crippen LogP contribution is 2.35. The van der Waals surface area contributed by atoms with E-state index < -0.39 is 12.5 Å². The number of thiocarbonyl (C=S) groups is 1. The van der Waals surface area contributed by atoms with Crippen molar-refractivity contribution in [1.29, 1.82) is 0 Å². The Labute approximate surface area is 166 Å². The molecule has 8 heteroatoms. The Kier molecular flexibility index (Phi) is 5.89. The van der Waals surface area contributed by atoms with Gasteiger partial charge in [-0.05, 0) is 50.3 Å². The van der Waals surface area contributed by atoms with E-state index in [-0.39, 0.29) is 34.5 Å². The van der Waals surface area contributed by atoms with Gasteiger partial charge in [-0.1, -0.05) is 29.8 Å². The average molecular weight is 404 g/mol. The molecule has 0 atom stereocenters. The molecule has 0 unspecified atom stereocenters. The first-order valence-electron chi connectivity index (χ1n) is 8.55. The van der Waals surface area contributed by atoms with E-state index in [1.807, 2.05) is 19.1 Å². The number of alkyl halides is 2. The summed E-state index contributed by atoms with van der Waals surface area (Å²) in [6.07, 6.45) is 1.42. The van der Waals surface area contributed by atoms with Gasteiger partial charge in [0.05, 0.1) is 12.3 Å². The molecule has 3 rings (SSSR count). The lowest BCUT2D eigenvalue weighted by Crippen LogP contribution is -2.30. The zero-order valence-electron chi connectivity index (χ0n) is 15.2. The monoisotopic (exact) mass is 404 g/mol. The molecule has 0 radical (unpaired) electrons. The molecule has 5 nitrogen and oxygen atoms in total. The Morgan fingerprint density at radius 3 is 2.57 bits per heavy atom. The van der Waals surface area contributed by atoms with Gasteiger partial charge in [-0.3, -0.25) is 9.69 Å². The van der Waals surface area contributed by atoms with E-state index in [0.717, 1.165) is 5.56 Å². The Morgan fingerprint density at radius 2 is 1.93 bits per heavy atom. The van der Waals surface area contributed by atoms with Crippen LogP contribution in [0.15, 0.2) is 48.2 Å². The van der Waals surface area contributed by atoms with Crippen LogP contribution in [0.4, 0.5) is 14.5 Å². The van der Waals surface area contributed by atoms with E-state index >= 15 is 0 Å². The number of benzene rings is 2. The summed E-state index contributed by atoms with van der Waals surface area (Å²) < 4.78 is 35.8. The van der Waals surface area contributed by atoms with Gasteiger partial charge in [-0.2, -0.15) is 8.78 Å². The van der Waals surface area contributed by atoms with Gasteiger partial charge in [0.15, 0.2) is 16.6 Å². The zero-order chi connectivity index (χ0) is 20.3. The van der Waals surface area contributed by atoms with Crippen LogP contribution in [0.25, 0.3) is 6.08 Å². The first-order valence-corrected chi connectivity index (χ1v) is 8.96. The molecule has 1 saturated heterocycles. The normalized spacial score (nSPS) is 15.3. The summed E-state index contributed by atoms with van der Waals surface area (Å²) in [7, 11) is 0. The third-order valence-electron chi connectivity index (χ3n) is 3.99. The lowest BCUT2D eigenvalue weighted by atomic mass is 10.1. The second kappa shape index (κ2) is 8.35. The Morgan fingerprint density at radius 1 is 1.21 bits per heavy atom. The number of para-hydroxylation sites is 1. The molecule has 1 N–H and O–H groups in total. The Hall–Kier alpha value is -3.00. The summed E-state index contributed by atoms with van der Waals surface area (Å²) in [6, 6.07) is 12.0. The lowest BCUT2D eigenvalue weighted by Gasteiger charge is -2.14. The number of nitrogens with one attached hydrogen (secondary N) is 1. The topological polar surface area (TPSA) is 50.8 Å². The van der Waals surface area contributed by atoms with Gasteiger partial charge in [-0.15, -0.1) is 0 Å².